The van der Waals surface area contributed by atoms with Crippen LogP contribution in [0.3, 0.4) is 0 Å². The minimum Gasteiger partial charge on any atom is -0.459 e. The average molecular weight is 487 g/mol. The van der Waals surface area contributed by atoms with Gasteiger partial charge in [-0.05, 0) is 36.2 Å². The summed E-state index contributed by atoms with van der Waals surface area (Å²) in [5, 5.41) is 12.8. The maximum Gasteiger partial charge on any atom is 2.00 e. The number of aromatic nitrogens is 4. The van der Waals surface area contributed by atoms with Crippen molar-refractivity contribution < 1.29 is 21.1 Å². The van der Waals surface area contributed by atoms with Gasteiger partial charge in [-0.3, -0.25) is 7.05 Å². The molecule has 3 unspecified atom stereocenters. The maximum atomic E-state index is 4.48. The van der Waals surface area contributed by atoms with Crippen molar-refractivity contribution >= 4 is 9.39 Å². The molecule has 0 N–H and O–H groups in total. The number of hydrogen-bond acceptors (Lipinski definition) is 4. The molecule has 118 valence electrons. The number of tetrazole rings is 1. The van der Waals surface area contributed by atoms with Gasteiger partial charge in [0.1, 0.15) is 0 Å². The van der Waals surface area contributed by atoms with E-state index in [1.54, 1.807) is 0 Å². The van der Waals surface area contributed by atoms with E-state index in [0.717, 1.165) is 25.3 Å². The Morgan fingerprint density at radius 2 is 2.00 bits per heavy atom. The maximum absolute atomic E-state index is 4.48. The number of nitrogens with zero attached hydrogens (tertiary/aromatic N) is 5. The minimum atomic E-state index is -0.176. The molecule has 3 atom stereocenters. The first-order valence-electron chi connectivity index (χ1n) is 6.79. The van der Waals surface area contributed by atoms with Gasteiger partial charge in [0.25, 0.3) is 0 Å². The Bertz CT molecular complexity index is 591. The van der Waals surface area contributed by atoms with Crippen LogP contribution in [0.25, 0.3) is 0 Å². The Labute approximate surface area is 149 Å². The quantitative estimate of drug-likeness (QED) is 0.482. The number of likely N-dealkylation sites (tertiary alicyclic amines) is 1. The summed E-state index contributed by atoms with van der Waals surface area (Å²) in [7, 11) is 6.52. The zero-order valence-corrected chi connectivity index (χ0v) is 17.1. The zero-order chi connectivity index (χ0) is 14.2. The van der Waals surface area contributed by atoms with Crippen molar-refractivity contribution in [2.75, 3.05) is 13.1 Å². The van der Waals surface area contributed by atoms with Crippen LogP contribution in [0.4, 0.5) is 0 Å². The third-order valence-electron chi connectivity index (χ3n) is 4.31. The van der Waals surface area contributed by atoms with Gasteiger partial charge in [0, 0.05) is 9.39 Å². The molecule has 1 aromatic heterocycles. The average Bonchev–Trinajstić information content (AvgIpc) is 2.87. The van der Waals surface area contributed by atoms with E-state index in [2.05, 4.69) is 67.9 Å². The van der Waals surface area contributed by atoms with Gasteiger partial charge in [-0.25, -0.2) is 0 Å². The van der Waals surface area contributed by atoms with Crippen molar-refractivity contribution in [2.45, 2.75) is 18.8 Å². The second kappa shape index (κ2) is 7.77. The van der Waals surface area contributed by atoms with Gasteiger partial charge in [-0.15, -0.1) is 10.2 Å². The summed E-state index contributed by atoms with van der Waals surface area (Å²) in [6, 6.07) is 10.5. The molecule has 5 nitrogen and oxygen atoms in total. The fourth-order valence-corrected chi connectivity index (χ4v) is 3.41. The van der Waals surface area contributed by atoms with Gasteiger partial charge in [-0.2, -0.15) is 4.57 Å². The zero-order valence-electron chi connectivity index (χ0n) is 13.0. The van der Waals surface area contributed by atoms with Gasteiger partial charge in [0.2, 0.25) is 0 Å². The summed E-state index contributed by atoms with van der Waals surface area (Å²) in [4.78, 5) is 2.12. The summed E-state index contributed by atoms with van der Waals surface area (Å²) in [5.41, 5.74) is 1.09. The molecule has 1 fully saturated rings. The first-order valence-corrected chi connectivity index (χ1v) is 7.31. The third kappa shape index (κ3) is 3.32. The molecule has 0 spiro atoms. The Kier molecular flexibility index (Phi) is 6.85. The number of piperidine rings is 1. The van der Waals surface area contributed by atoms with E-state index in [9.17, 15) is 0 Å². The van der Waals surface area contributed by atoms with Gasteiger partial charge in [0.15, 0.2) is 5.82 Å². The number of rotatable bonds is 2. The fraction of sp³-hybridized carbons (Fsp3) is 0.400. The standard InChI is InChI=1S/C14H19N5P.CH3.W/c1-11-10-18(2)9-8-14(11,12-6-4-3-5-7-12)13-15-17-19(20)16-13;;/h3-7,11H,2,8-10,20H2,1H3;1H3;/q2*-1;+2. The van der Waals surface area contributed by atoms with E-state index >= 15 is 0 Å². The Balaban J connectivity index is 0.00000121. The van der Waals surface area contributed by atoms with E-state index in [1.165, 1.54) is 10.1 Å². The molecule has 1 aromatic carbocycles. The normalized spacial score (nSPS) is 25.1. The number of benzene rings is 1. The summed E-state index contributed by atoms with van der Waals surface area (Å²) in [6.07, 6.45) is 0.956. The van der Waals surface area contributed by atoms with Crippen molar-refractivity contribution in [3.63, 3.8) is 0 Å². The van der Waals surface area contributed by atoms with Crippen molar-refractivity contribution in [1.82, 2.24) is 24.9 Å². The molecule has 0 bridgehead atoms. The van der Waals surface area contributed by atoms with Crippen molar-refractivity contribution in [3.05, 3.63) is 56.2 Å². The smallest absolute Gasteiger partial charge is 0.459 e. The molecule has 2 heterocycles. The number of hydrogen-bond donors (Lipinski definition) is 0. The Hall–Kier alpha value is -0.632. The van der Waals surface area contributed by atoms with Crippen LogP contribution in [0.5, 0.6) is 0 Å². The van der Waals surface area contributed by atoms with Gasteiger partial charge in [0.05, 0.1) is 5.41 Å². The van der Waals surface area contributed by atoms with Crippen LogP contribution < -0.4 is 0 Å². The van der Waals surface area contributed by atoms with Crippen LogP contribution in [0.2, 0.25) is 0 Å². The van der Waals surface area contributed by atoms with E-state index in [0.29, 0.717) is 5.92 Å². The molecular formula is C15H22N5PW. The Morgan fingerprint density at radius 3 is 2.55 bits per heavy atom. The van der Waals surface area contributed by atoms with E-state index < -0.39 is 0 Å². The molecule has 1 saturated heterocycles. The second-order valence-corrected chi connectivity index (χ2v) is 5.96. The summed E-state index contributed by atoms with van der Waals surface area (Å²) in [5.74, 6) is 1.18. The molecule has 0 radical (unpaired) electrons. The predicted octanol–water partition coefficient (Wildman–Crippen LogP) is 2.18. The largest absolute Gasteiger partial charge is 2.00 e. The van der Waals surface area contributed by atoms with Crippen LogP contribution in [0.1, 0.15) is 24.7 Å². The molecule has 0 amide bonds. The van der Waals surface area contributed by atoms with Crippen LogP contribution in [0.15, 0.2) is 30.3 Å². The second-order valence-electron chi connectivity index (χ2n) is 5.50. The Morgan fingerprint density at radius 1 is 1.32 bits per heavy atom. The minimum absolute atomic E-state index is 0. The molecular weight excluding hydrogens is 465 g/mol. The van der Waals surface area contributed by atoms with Gasteiger partial charge in [-0.1, -0.05) is 37.3 Å². The third-order valence-corrected chi connectivity index (χ3v) is 4.53. The van der Waals surface area contributed by atoms with Crippen LogP contribution >= 0.6 is 9.39 Å². The summed E-state index contributed by atoms with van der Waals surface area (Å²) >= 11 is 0. The molecule has 0 aliphatic carbocycles. The van der Waals surface area contributed by atoms with Crippen molar-refractivity contribution in [2.24, 2.45) is 5.92 Å². The van der Waals surface area contributed by atoms with Crippen LogP contribution in [-0.2, 0) is 26.5 Å². The van der Waals surface area contributed by atoms with Crippen LogP contribution in [0, 0.1) is 20.4 Å². The molecule has 1 aliphatic heterocycles. The van der Waals surface area contributed by atoms with Gasteiger partial charge < -0.3 is 12.3 Å². The predicted molar refractivity (Wildman–Crippen MR) is 87.3 cm³/mol. The van der Waals surface area contributed by atoms with E-state index in [1.807, 2.05) is 6.07 Å². The first kappa shape index (κ1) is 19.4. The summed E-state index contributed by atoms with van der Waals surface area (Å²) in [6.45, 7) is 4.11. The molecule has 3 rings (SSSR count). The summed E-state index contributed by atoms with van der Waals surface area (Å²) < 4.78 is 1.46. The fourth-order valence-electron chi connectivity index (χ4n) is 3.24. The van der Waals surface area contributed by atoms with E-state index in [-0.39, 0.29) is 33.9 Å². The molecule has 1 aliphatic rings. The first-order chi connectivity index (χ1) is 9.63. The topological polar surface area (TPSA) is 46.8 Å². The monoisotopic (exact) mass is 487 g/mol. The molecule has 0 saturated carbocycles. The molecule has 22 heavy (non-hydrogen) atoms. The van der Waals surface area contributed by atoms with Gasteiger partial charge >= 0.3 is 21.1 Å². The van der Waals surface area contributed by atoms with Crippen LogP contribution in [-0.4, -0.2) is 38.0 Å². The van der Waals surface area contributed by atoms with E-state index in [4.69, 9.17) is 0 Å². The van der Waals surface area contributed by atoms with Crippen molar-refractivity contribution in [3.8, 4) is 0 Å². The SMILES string of the molecule is [CH2-]N1CCC(c2ccccc2)(c2nnn(P)n2)C(C)C1.[CH3-].[W+2]. The van der Waals surface area contributed by atoms with Crippen molar-refractivity contribution in [1.29, 1.82) is 0 Å². The molecule has 7 heteroatoms. The molecule has 2 aromatic rings.